The van der Waals surface area contributed by atoms with E-state index in [-0.39, 0.29) is 5.56 Å². The van der Waals surface area contributed by atoms with Gasteiger partial charge in [-0.15, -0.1) is 0 Å². The zero-order chi connectivity index (χ0) is 9.26. The van der Waals surface area contributed by atoms with E-state index < -0.39 is 5.97 Å². The quantitative estimate of drug-likeness (QED) is 0.652. The van der Waals surface area contributed by atoms with Gasteiger partial charge in [0.2, 0.25) is 0 Å². The second kappa shape index (κ2) is 2.97. The van der Waals surface area contributed by atoms with Crippen LogP contribution in [-0.2, 0) is 0 Å². The minimum absolute atomic E-state index is 0.193. The summed E-state index contributed by atoms with van der Waals surface area (Å²) in [4.78, 5) is 10.8. The Hall–Kier alpha value is -1.71. The van der Waals surface area contributed by atoms with Crippen molar-refractivity contribution in [3.8, 4) is 5.75 Å². The molecule has 0 saturated heterocycles. The molecule has 4 heteroatoms. The van der Waals surface area contributed by atoms with Gasteiger partial charge in [0, 0.05) is 5.56 Å². The molecular formula is C9H6BO3. The van der Waals surface area contributed by atoms with Crippen LogP contribution in [0.2, 0.25) is 0 Å². The number of hydrogen-bond acceptors (Lipinski definition) is 2. The Morgan fingerprint density at radius 3 is 3.08 bits per heavy atom. The fraction of sp³-hybridized carbons (Fsp3) is 0. The van der Waals surface area contributed by atoms with Crippen molar-refractivity contribution in [2.24, 2.45) is 0 Å². The molecule has 0 aromatic heterocycles. The van der Waals surface area contributed by atoms with E-state index in [1.54, 1.807) is 12.0 Å². The first-order chi connectivity index (χ1) is 6.29. The topological polar surface area (TPSA) is 46.5 Å². The first kappa shape index (κ1) is 7.92. The largest absolute Gasteiger partial charge is 0.557 e. The van der Waals surface area contributed by atoms with Gasteiger partial charge in [-0.3, -0.25) is 0 Å². The van der Waals surface area contributed by atoms with Crippen LogP contribution in [0, 0.1) is 0 Å². The molecule has 0 saturated carbocycles. The number of hydrogen-bond donors (Lipinski definition) is 1. The van der Waals surface area contributed by atoms with E-state index in [1.165, 1.54) is 13.5 Å². The van der Waals surface area contributed by atoms with Crippen LogP contribution < -0.4 is 4.65 Å². The van der Waals surface area contributed by atoms with Gasteiger partial charge in [0.1, 0.15) is 11.3 Å². The SMILES string of the molecule is O=C(O)c1cccc2c1O[B]C=C2. The van der Waals surface area contributed by atoms with Crippen molar-refractivity contribution in [2.75, 3.05) is 0 Å². The highest BCUT2D eigenvalue weighted by Crippen LogP contribution is 2.27. The predicted molar refractivity (Wildman–Crippen MR) is 48.8 cm³/mol. The molecule has 1 aliphatic rings. The van der Waals surface area contributed by atoms with Crippen LogP contribution in [0.25, 0.3) is 6.08 Å². The molecule has 0 fully saturated rings. The van der Waals surface area contributed by atoms with Gasteiger partial charge in [0.15, 0.2) is 0 Å². The van der Waals surface area contributed by atoms with Crippen LogP contribution in [0.5, 0.6) is 5.75 Å². The molecule has 1 heterocycles. The van der Waals surface area contributed by atoms with Gasteiger partial charge in [-0.05, 0) is 6.07 Å². The maximum absolute atomic E-state index is 10.8. The molecule has 0 atom stereocenters. The van der Waals surface area contributed by atoms with Gasteiger partial charge in [0.05, 0.1) is 0 Å². The second-order valence-corrected chi connectivity index (χ2v) is 2.64. The van der Waals surface area contributed by atoms with Gasteiger partial charge in [-0.1, -0.05) is 24.2 Å². The zero-order valence-electron chi connectivity index (χ0n) is 6.73. The summed E-state index contributed by atoms with van der Waals surface area (Å²) < 4.78 is 5.12. The molecule has 1 aromatic rings. The van der Waals surface area contributed by atoms with Crippen molar-refractivity contribution < 1.29 is 14.6 Å². The second-order valence-electron chi connectivity index (χ2n) is 2.64. The average Bonchev–Trinajstić information content (AvgIpc) is 2.17. The van der Waals surface area contributed by atoms with Crippen molar-refractivity contribution in [3.05, 3.63) is 35.3 Å². The highest BCUT2D eigenvalue weighted by atomic mass is 16.4. The van der Waals surface area contributed by atoms with E-state index in [0.29, 0.717) is 5.75 Å². The van der Waals surface area contributed by atoms with Gasteiger partial charge >= 0.3 is 13.5 Å². The number of carboxylic acids is 1. The smallest absolute Gasteiger partial charge is 0.400 e. The van der Waals surface area contributed by atoms with Crippen LogP contribution in [0.1, 0.15) is 15.9 Å². The highest BCUT2D eigenvalue weighted by Gasteiger charge is 2.15. The van der Waals surface area contributed by atoms with E-state index in [1.807, 2.05) is 12.1 Å². The molecule has 63 valence electrons. The van der Waals surface area contributed by atoms with Crippen molar-refractivity contribution >= 4 is 19.5 Å². The lowest BCUT2D eigenvalue weighted by atomic mass is 9.93. The maximum atomic E-state index is 10.8. The van der Waals surface area contributed by atoms with Crippen molar-refractivity contribution in [2.45, 2.75) is 0 Å². The summed E-state index contributed by atoms with van der Waals surface area (Å²) in [6.07, 6.45) is 1.81. The molecule has 0 aliphatic carbocycles. The minimum Gasteiger partial charge on any atom is -0.557 e. The molecule has 3 nitrogen and oxygen atoms in total. The summed E-state index contributed by atoms with van der Waals surface area (Å²) in [5.41, 5.74) is 0.987. The van der Waals surface area contributed by atoms with Crippen LogP contribution in [-0.4, -0.2) is 18.6 Å². The Morgan fingerprint density at radius 2 is 2.31 bits per heavy atom. The Balaban J connectivity index is 2.59. The normalized spacial score (nSPS) is 12.6. The Kier molecular flexibility index (Phi) is 1.81. The molecule has 1 N–H and O–H groups in total. The van der Waals surface area contributed by atoms with E-state index in [4.69, 9.17) is 9.76 Å². The first-order valence-electron chi connectivity index (χ1n) is 3.82. The highest BCUT2D eigenvalue weighted by molar-refractivity contribution is 6.38. The van der Waals surface area contributed by atoms with Crippen LogP contribution in [0.15, 0.2) is 24.2 Å². The zero-order valence-corrected chi connectivity index (χ0v) is 6.73. The van der Waals surface area contributed by atoms with Crippen LogP contribution >= 0.6 is 0 Å². The predicted octanol–water partition coefficient (Wildman–Crippen LogP) is 1.37. The molecule has 13 heavy (non-hydrogen) atoms. The molecular weight excluding hydrogens is 167 g/mol. The van der Waals surface area contributed by atoms with Gasteiger partial charge in [-0.2, -0.15) is 0 Å². The van der Waals surface area contributed by atoms with E-state index in [2.05, 4.69) is 0 Å². The molecule has 0 amide bonds. The number of fused-ring (bicyclic) bond motifs is 1. The fourth-order valence-electron chi connectivity index (χ4n) is 1.24. The lowest BCUT2D eigenvalue weighted by Crippen LogP contribution is -2.09. The lowest BCUT2D eigenvalue weighted by Gasteiger charge is -2.13. The molecule has 0 unspecified atom stereocenters. The third-order valence-corrected chi connectivity index (χ3v) is 1.82. The number of para-hydroxylation sites is 1. The minimum atomic E-state index is -0.972. The molecule has 1 radical (unpaired) electrons. The van der Waals surface area contributed by atoms with E-state index in [0.717, 1.165) is 5.56 Å². The first-order valence-corrected chi connectivity index (χ1v) is 3.82. The summed E-state index contributed by atoms with van der Waals surface area (Å²) in [6, 6.07) is 5.03. The van der Waals surface area contributed by atoms with Crippen molar-refractivity contribution in [3.63, 3.8) is 0 Å². The number of carboxylic acid groups (broad SMARTS) is 1. The summed E-state index contributed by atoms with van der Waals surface area (Å²) in [5.74, 6) is 1.17. The summed E-state index contributed by atoms with van der Waals surface area (Å²) in [7, 11) is 1.47. The van der Waals surface area contributed by atoms with Crippen molar-refractivity contribution in [1.82, 2.24) is 0 Å². The van der Waals surface area contributed by atoms with Gasteiger partial charge < -0.3 is 9.76 Å². The monoisotopic (exact) mass is 173 g/mol. The Labute approximate surface area is 75.9 Å². The summed E-state index contributed by atoms with van der Waals surface area (Å²) in [5, 5.41) is 8.82. The average molecular weight is 173 g/mol. The number of carbonyl (C=O) groups is 1. The van der Waals surface area contributed by atoms with Gasteiger partial charge in [-0.25, -0.2) is 4.79 Å². The standard InChI is InChI=1S/C9H6BO3/c11-9(12)7-3-1-2-6-4-5-10-13-8(6)7/h1-5H,(H,11,12). The van der Waals surface area contributed by atoms with Crippen LogP contribution in [0.3, 0.4) is 0 Å². The molecule has 0 bridgehead atoms. The van der Waals surface area contributed by atoms with E-state index >= 15 is 0 Å². The summed E-state index contributed by atoms with van der Waals surface area (Å²) >= 11 is 0. The van der Waals surface area contributed by atoms with Crippen LogP contribution in [0.4, 0.5) is 0 Å². The molecule has 2 rings (SSSR count). The lowest BCUT2D eigenvalue weighted by molar-refractivity contribution is 0.0695. The maximum Gasteiger partial charge on any atom is 0.400 e. The molecule has 0 spiro atoms. The van der Waals surface area contributed by atoms with E-state index in [9.17, 15) is 4.79 Å². The third kappa shape index (κ3) is 1.31. The number of aromatic carboxylic acids is 1. The molecule has 1 aromatic carbocycles. The van der Waals surface area contributed by atoms with Crippen molar-refractivity contribution in [1.29, 1.82) is 0 Å². The summed E-state index contributed by atoms with van der Waals surface area (Å²) in [6.45, 7) is 0. The Morgan fingerprint density at radius 1 is 1.46 bits per heavy atom. The number of rotatable bonds is 1. The third-order valence-electron chi connectivity index (χ3n) is 1.82. The number of benzene rings is 1. The fourth-order valence-corrected chi connectivity index (χ4v) is 1.24. The van der Waals surface area contributed by atoms with Gasteiger partial charge in [0.25, 0.3) is 0 Å². The molecule has 1 aliphatic heterocycles. The Bertz CT molecular complexity index is 384.